The number of nitrogens with zero attached hydrogens (tertiary/aromatic N) is 1. The van der Waals surface area contributed by atoms with Gasteiger partial charge in [0, 0.05) is 19.2 Å². The normalized spacial score (nSPS) is 10.9. The molecule has 0 fully saturated rings. The molecule has 0 bridgehead atoms. The van der Waals surface area contributed by atoms with Gasteiger partial charge in [-0.25, -0.2) is 0 Å². The standard InChI is InChI=1S/C22H25NO3/c1-5-12-25-21-11-10-17-8-6-7-9-18(17)20(21)14-23(4)22(24)19-13-15(2)26-16(19)3/h6-11,13H,5,12,14H2,1-4H3. The first kappa shape index (κ1) is 18.1. The Morgan fingerprint density at radius 1 is 1.15 bits per heavy atom. The number of ether oxygens (including phenoxy) is 1. The number of carbonyl (C=O) groups excluding carboxylic acids is 1. The molecular formula is C22H25NO3. The van der Waals surface area contributed by atoms with Gasteiger partial charge in [-0.1, -0.05) is 37.3 Å². The number of hydrogen-bond donors (Lipinski definition) is 0. The highest BCUT2D eigenvalue weighted by Gasteiger charge is 2.20. The Hall–Kier alpha value is -2.75. The van der Waals surface area contributed by atoms with E-state index >= 15 is 0 Å². The number of rotatable bonds is 6. The van der Waals surface area contributed by atoms with E-state index in [0.717, 1.165) is 34.3 Å². The lowest BCUT2D eigenvalue weighted by Crippen LogP contribution is -2.26. The lowest BCUT2D eigenvalue weighted by atomic mass is 10.0. The van der Waals surface area contributed by atoms with Crippen LogP contribution in [0, 0.1) is 13.8 Å². The number of furan rings is 1. The van der Waals surface area contributed by atoms with Gasteiger partial charge in [-0.15, -0.1) is 0 Å². The molecule has 3 rings (SSSR count). The van der Waals surface area contributed by atoms with E-state index in [9.17, 15) is 4.79 Å². The van der Waals surface area contributed by atoms with Crippen molar-refractivity contribution in [3.05, 3.63) is 65.1 Å². The molecule has 4 nitrogen and oxygen atoms in total. The number of amides is 1. The first-order valence-electron chi connectivity index (χ1n) is 8.97. The van der Waals surface area contributed by atoms with Gasteiger partial charge in [0.05, 0.1) is 12.2 Å². The van der Waals surface area contributed by atoms with Gasteiger partial charge in [-0.3, -0.25) is 4.79 Å². The van der Waals surface area contributed by atoms with E-state index in [1.54, 1.807) is 11.0 Å². The van der Waals surface area contributed by atoms with Crippen molar-refractivity contribution >= 4 is 16.7 Å². The van der Waals surface area contributed by atoms with Crippen LogP contribution in [0.15, 0.2) is 46.9 Å². The van der Waals surface area contributed by atoms with E-state index in [0.29, 0.717) is 24.5 Å². The van der Waals surface area contributed by atoms with Crippen LogP contribution in [-0.2, 0) is 6.54 Å². The summed E-state index contributed by atoms with van der Waals surface area (Å²) in [6.07, 6.45) is 0.939. The van der Waals surface area contributed by atoms with Gasteiger partial charge in [0.1, 0.15) is 17.3 Å². The van der Waals surface area contributed by atoms with Crippen molar-refractivity contribution in [1.29, 1.82) is 0 Å². The van der Waals surface area contributed by atoms with Crippen LogP contribution in [0.1, 0.15) is 40.8 Å². The second kappa shape index (κ2) is 7.65. The molecule has 0 aliphatic rings. The Bertz CT molecular complexity index is 926. The molecule has 0 radical (unpaired) electrons. The van der Waals surface area contributed by atoms with Gasteiger partial charge >= 0.3 is 0 Å². The molecule has 2 aromatic carbocycles. The summed E-state index contributed by atoms with van der Waals surface area (Å²) in [5, 5.41) is 2.25. The van der Waals surface area contributed by atoms with Crippen molar-refractivity contribution < 1.29 is 13.9 Å². The van der Waals surface area contributed by atoms with Crippen LogP contribution in [0.5, 0.6) is 5.75 Å². The molecule has 0 saturated heterocycles. The molecule has 0 aliphatic carbocycles. The van der Waals surface area contributed by atoms with Crippen molar-refractivity contribution in [2.75, 3.05) is 13.7 Å². The van der Waals surface area contributed by atoms with Gasteiger partial charge in [0.2, 0.25) is 0 Å². The molecule has 0 saturated carbocycles. The fraction of sp³-hybridized carbons (Fsp3) is 0.318. The zero-order valence-corrected chi connectivity index (χ0v) is 15.8. The minimum Gasteiger partial charge on any atom is -0.493 e. The molecule has 0 N–H and O–H groups in total. The van der Waals surface area contributed by atoms with Gasteiger partial charge in [-0.2, -0.15) is 0 Å². The molecule has 4 heteroatoms. The summed E-state index contributed by atoms with van der Waals surface area (Å²) in [5.74, 6) is 2.19. The number of fused-ring (bicyclic) bond motifs is 1. The molecular weight excluding hydrogens is 326 g/mol. The zero-order valence-electron chi connectivity index (χ0n) is 15.8. The average molecular weight is 351 g/mol. The number of hydrogen-bond acceptors (Lipinski definition) is 3. The summed E-state index contributed by atoms with van der Waals surface area (Å²) in [6.45, 7) is 6.89. The van der Waals surface area contributed by atoms with Crippen LogP contribution in [0.3, 0.4) is 0 Å². The highest BCUT2D eigenvalue weighted by atomic mass is 16.5. The molecule has 3 aromatic rings. The topological polar surface area (TPSA) is 42.7 Å². The fourth-order valence-electron chi connectivity index (χ4n) is 3.18. The third-order valence-corrected chi connectivity index (χ3v) is 4.47. The van der Waals surface area contributed by atoms with Gasteiger partial charge in [0.15, 0.2) is 0 Å². The van der Waals surface area contributed by atoms with Crippen LogP contribution in [0.2, 0.25) is 0 Å². The van der Waals surface area contributed by atoms with Crippen LogP contribution in [0.25, 0.3) is 10.8 Å². The first-order chi connectivity index (χ1) is 12.5. The number of aryl methyl sites for hydroxylation is 2. The first-order valence-corrected chi connectivity index (χ1v) is 8.97. The second-order valence-electron chi connectivity index (χ2n) is 6.60. The predicted molar refractivity (Wildman–Crippen MR) is 104 cm³/mol. The maximum Gasteiger partial charge on any atom is 0.257 e. The Balaban J connectivity index is 1.95. The summed E-state index contributed by atoms with van der Waals surface area (Å²) in [5.41, 5.74) is 1.64. The number of carbonyl (C=O) groups is 1. The minimum absolute atomic E-state index is 0.0475. The van der Waals surface area contributed by atoms with E-state index in [4.69, 9.17) is 9.15 Å². The summed E-state index contributed by atoms with van der Waals surface area (Å²) < 4.78 is 11.5. The van der Waals surface area contributed by atoms with Gasteiger partial charge in [-0.05, 0) is 43.2 Å². The third kappa shape index (κ3) is 3.59. The summed E-state index contributed by atoms with van der Waals surface area (Å²) in [6, 6.07) is 14.1. The van der Waals surface area contributed by atoms with E-state index in [2.05, 4.69) is 25.1 Å². The molecule has 26 heavy (non-hydrogen) atoms. The monoisotopic (exact) mass is 351 g/mol. The van der Waals surface area contributed by atoms with E-state index in [1.165, 1.54) is 0 Å². The molecule has 1 heterocycles. The largest absolute Gasteiger partial charge is 0.493 e. The quantitative estimate of drug-likeness (QED) is 0.620. The van der Waals surface area contributed by atoms with Crippen molar-refractivity contribution in [2.45, 2.75) is 33.7 Å². The third-order valence-electron chi connectivity index (χ3n) is 4.47. The molecule has 0 aliphatic heterocycles. The van der Waals surface area contributed by atoms with Crippen molar-refractivity contribution in [3.63, 3.8) is 0 Å². The molecule has 1 amide bonds. The predicted octanol–water partition coefficient (Wildman–Crippen LogP) is 5.11. The van der Waals surface area contributed by atoms with Gasteiger partial charge < -0.3 is 14.1 Å². The van der Waals surface area contributed by atoms with Crippen LogP contribution >= 0.6 is 0 Å². The lowest BCUT2D eigenvalue weighted by Gasteiger charge is -2.21. The maximum absolute atomic E-state index is 12.9. The molecule has 0 unspecified atom stereocenters. The molecule has 0 spiro atoms. The SMILES string of the molecule is CCCOc1ccc2ccccc2c1CN(C)C(=O)c1cc(C)oc1C. The minimum atomic E-state index is -0.0475. The zero-order chi connectivity index (χ0) is 18.7. The van der Waals surface area contributed by atoms with Crippen LogP contribution in [0.4, 0.5) is 0 Å². The highest BCUT2D eigenvalue weighted by Crippen LogP contribution is 2.30. The van der Waals surface area contributed by atoms with Crippen molar-refractivity contribution in [2.24, 2.45) is 0 Å². The van der Waals surface area contributed by atoms with E-state index in [1.807, 2.05) is 39.1 Å². The fourth-order valence-corrected chi connectivity index (χ4v) is 3.18. The Morgan fingerprint density at radius 2 is 1.92 bits per heavy atom. The number of benzene rings is 2. The van der Waals surface area contributed by atoms with Gasteiger partial charge in [0.25, 0.3) is 5.91 Å². The van der Waals surface area contributed by atoms with Crippen LogP contribution in [-0.4, -0.2) is 24.5 Å². The van der Waals surface area contributed by atoms with E-state index in [-0.39, 0.29) is 5.91 Å². The molecule has 0 atom stereocenters. The Kier molecular flexibility index (Phi) is 5.31. The average Bonchev–Trinajstić information content (AvgIpc) is 2.98. The Morgan fingerprint density at radius 3 is 2.62 bits per heavy atom. The summed E-state index contributed by atoms with van der Waals surface area (Å²) in [7, 11) is 1.81. The highest BCUT2D eigenvalue weighted by molar-refractivity contribution is 5.95. The molecule has 1 aromatic heterocycles. The molecule has 136 valence electrons. The Labute approximate surface area is 154 Å². The van der Waals surface area contributed by atoms with Crippen molar-refractivity contribution in [1.82, 2.24) is 4.90 Å². The van der Waals surface area contributed by atoms with E-state index < -0.39 is 0 Å². The summed E-state index contributed by atoms with van der Waals surface area (Å²) in [4.78, 5) is 14.6. The van der Waals surface area contributed by atoms with Crippen molar-refractivity contribution in [3.8, 4) is 5.75 Å². The maximum atomic E-state index is 12.9. The summed E-state index contributed by atoms with van der Waals surface area (Å²) >= 11 is 0. The smallest absolute Gasteiger partial charge is 0.257 e. The van der Waals surface area contributed by atoms with Crippen LogP contribution < -0.4 is 4.74 Å². The second-order valence-corrected chi connectivity index (χ2v) is 6.60. The lowest BCUT2D eigenvalue weighted by molar-refractivity contribution is 0.0783.